The molecule has 1 saturated heterocycles. The Labute approximate surface area is 80.7 Å². The summed E-state index contributed by atoms with van der Waals surface area (Å²) >= 11 is 0. The van der Waals surface area contributed by atoms with Gasteiger partial charge in [-0.2, -0.15) is 0 Å². The van der Waals surface area contributed by atoms with Gasteiger partial charge in [0.2, 0.25) is 11.8 Å². The quantitative estimate of drug-likeness (QED) is 0.289. The van der Waals surface area contributed by atoms with Gasteiger partial charge in [-0.15, -0.1) is 0 Å². The van der Waals surface area contributed by atoms with Crippen molar-refractivity contribution in [2.45, 2.75) is 13.0 Å². The number of carbonyl (C=O) groups is 2. The second-order valence-electron chi connectivity index (χ2n) is 3.01. The molecule has 0 aromatic heterocycles. The van der Waals surface area contributed by atoms with Crippen molar-refractivity contribution in [3.8, 4) is 0 Å². The zero-order chi connectivity index (χ0) is 10.6. The van der Waals surface area contributed by atoms with Crippen molar-refractivity contribution in [1.82, 2.24) is 10.2 Å². The van der Waals surface area contributed by atoms with Gasteiger partial charge in [0.15, 0.2) is 0 Å². The normalized spacial score (nSPS) is 22.8. The zero-order valence-corrected chi connectivity index (χ0v) is 7.80. The van der Waals surface area contributed by atoms with Gasteiger partial charge in [-0.05, 0) is 12.5 Å². The molecule has 2 amide bonds. The molecule has 1 aliphatic heterocycles. The molecule has 1 atom stereocenters. The number of piperazine rings is 1. The maximum Gasteiger partial charge on any atom is 0.243 e. The van der Waals surface area contributed by atoms with Crippen LogP contribution in [0.25, 0.3) is 10.4 Å². The molecule has 1 heterocycles. The van der Waals surface area contributed by atoms with Gasteiger partial charge in [0.05, 0.1) is 12.6 Å². The molecule has 76 valence electrons. The van der Waals surface area contributed by atoms with E-state index in [4.69, 9.17) is 5.53 Å². The average Bonchev–Trinajstić information content (AvgIpc) is 2.13. The highest BCUT2D eigenvalue weighted by Gasteiger charge is 2.29. The van der Waals surface area contributed by atoms with Gasteiger partial charge in [-0.1, -0.05) is 5.11 Å². The van der Waals surface area contributed by atoms with Crippen LogP contribution in [-0.2, 0) is 9.59 Å². The predicted octanol–water partition coefficient (Wildman–Crippen LogP) is -0.356. The molecule has 0 aliphatic carbocycles. The Hall–Kier alpha value is -1.59. The van der Waals surface area contributed by atoms with Gasteiger partial charge < -0.3 is 0 Å². The van der Waals surface area contributed by atoms with Crippen molar-refractivity contribution < 1.29 is 9.59 Å². The fraction of sp³-hybridized carbons (Fsp3) is 0.714. The number of carbonyl (C=O) groups excluding carboxylic acids is 2. The van der Waals surface area contributed by atoms with Crippen LogP contribution in [0, 0.1) is 0 Å². The van der Waals surface area contributed by atoms with Crippen molar-refractivity contribution in [3.63, 3.8) is 0 Å². The monoisotopic (exact) mass is 197 g/mol. The summed E-state index contributed by atoms with van der Waals surface area (Å²) in [4.78, 5) is 26.4. The molecule has 0 aromatic carbocycles. The summed E-state index contributed by atoms with van der Waals surface area (Å²) in [6.45, 7) is 2.57. The van der Waals surface area contributed by atoms with Crippen LogP contribution < -0.4 is 5.32 Å². The predicted molar refractivity (Wildman–Crippen MR) is 48.2 cm³/mol. The molecule has 0 bridgehead atoms. The summed E-state index contributed by atoms with van der Waals surface area (Å²) in [5.41, 5.74) is 8.06. The first-order chi connectivity index (χ1) is 6.65. The highest BCUT2D eigenvalue weighted by Crippen LogP contribution is 2.03. The van der Waals surface area contributed by atoms with Crippen LogP contribution in [0.3, 0.4) is 0 Å². The minimum absolute atomic E-state index is 0.174. The van der Waals surface area contributed by atoms with Crippen LogP contribution in [0.5, 0.6) is 0 Å². The smallest absolute Gasteiger partial charge is 0.243 e. The van der Waals surface area contributed by atoms with Gasteiger partial charge in [-0.3, -0.25) is 19.8 Å². The molecule has 0 saturated carbocycles. The summed E-state index contributed by atoms with van der Waals surface area (Å²) < 4.78 is 0. The zero-order valence-electron chi connectivity index (χ0n) is 7.80. The first-order valence-corrected chi connectivity index (χ1v) is 4.23. The van der Waals surface area contributed by atoms with Gasteiger partial charge >= 0.3 is 0 Å². The maximum atomic E-state index is 11.2. The van der Waals surface area contributed by atoms with Crippen LogP contribution in [0.15, 0.2) is 5.11 Å². The van der Waals surface area contributed by atoms with Gasteiger partial charge in [0.1, 0.15) is 0 Å². The van der Waals surface area contributed by atoms with E-state index < -0.39 is 0 Å². The molecule has 0 radical (unpaired) electrons. The minimum atomic E-state index is -0.346. The van der Waals surface area contributed by atoms with Crippen molar-refractivity contribution in [2.24, 2.45) is 5.11 Å². The molecular weight excluding hydrogens is 186 g/mol. The van der Waals surface area contributed by atoms with Crippen molar-refractivity contribution >= 4 is 11.8 Å². The molecule has 0 aromatic rings. The van der Waals surface area contributed by atoms with Crippen LogP contribution in [0.4, 0.5) is 0 Å². The van der Waals surface area contributed by atoms with Gasteiger partial charge in [0, 0.05) is 18.0 Å². The topological polar surface area (TPSA) is 98.2 Å². The minimum Gasteiger partial charge on any atom is -0.294 e. The van der Waals surface area contributed by atoms with Crippen molar-refractivity contribution in [2.75, 3.05) is 19.6 Å². The standard InChI is InChI=1S/C7H11N5O2/c1-5-7(14)10-6(13)4-12(5)3-2-9-11-8/h5H,2-4H2,1H3,(H,10,13,14). The molecule has 7 nitrogen and oxygen atoms in total. The number of rotatable bonds is 3. The number of nitrogens with one attached hydrogen (secondary N) is 1. The third kappa shape index (κ3) is 2.45. The Balaban J connectivity index is 2.53. The SMILES string of the molecule is CC1C(=O)NC(=O)CN1CCN=[N+]=[N-]. The lowest BCUT2D eigenvalue weighted by Gasteiger charge is -2.30. The first-order valence-electron chi connectivity index (χ1n) is 4.23. The Bertz CT molecular complexity index is 296. The fourth-order valence-corrected chi connectivity index (χ4v) is 1.26. The summed E-state index contributed by atoms with van der Waals surface area (Å²) in [7, 11) is 0. The van der Waals surface area contributed by atoms with E-state index in [1.54, 1.807) is 11.8 Å². The number of imide groups is 1. The summed E-state index contributed by atoms with van der Waals surface area (Å²) in [5.74, 6) is -0.615. The van der Waals surface area contributed by atoms with E-state index in [2.05, 4.69) is 15.3 Å². The second-order valence-corrected chi connectivity index (χ2v) is 3.01. The van der Waals surface area contributed by atoms with Crippen molar-refractivity contribution in [3.05, 3.63) is 10.4 Å². The second kappa shape index (κ2) is 4.59. The number of hydrogen-bond donors (Lipinski definition) is 1. The van der Waals surface area contributed by atoms with Crippen LogP contribution in [0.2, 0.25) is 0 Å². The van der Waals surface area contributed by atoms with E-state index in [0.29, 0.717) is 6.54 Å². The molecule has 14 heavy (non-hydrogen) atoms. The molecule has 1 fully saturated rings. The van der Waals surface area contributed by atoms with E-state index in [1.807, 2.05) is 0 Å². The molecule has 1 rings (SSSR count). The highest BCUT2D eigenvalue weighted by molar-refractivity contribution is 6.00. The van der Waals surface area contributed by atoms with E-state index >= 15 is 0 Å². The first kappa shape index (κ1) is 10.5. The Morgan fingerprint density at radius 1 is 1.71 bits per heavy atom. The number of hydrogen-bond acceptors (Lipinski definition) is 4. The lowest BCUT2D eigenvalue weighted by molar-refractivity contribution is -0.139. The van der Waals surface area contributed by atoms with Crippen LogP contribution in [0.1, 0.15) is 6.92 Å². The molecule has 1 N–H and O–H groups in total. The number of azide groups is 1. The molecule has 1 aliphatic rings. The fourth-order valence-electron chi connectivity index (χ4n) is 1.26. The Morgan fingerprint density at radius 3 is 3.07 bits per heavy atom. The molecule has 7 heteroatoms. The Kier molecular flexibility index (Phi) is 3.44. The van der Waals surface area contributed by atoms with E-state index in [9.17, 15) is 9.59 Å². The third-order valence-electron chi connectivity index (χ3n) is 2.09. The average molecular weight is 197 g/mol. The van der Waals surface area contributed by atoms with Gasteiger partial charge in [-0.25, -0.2) is 0 Å². The molecular formula is C7H11N5O2. The lowest BCUT2D eigenvalue weighted by Crippen LogP contribution is -2.57. The largest absolute Gasteiger partial charge is 0.294 e. The molecule has 0 spiro atoms. The van der Waals surface area contributed by atoms with E-state index in [-0.39, 0.29) is 30.9 Å². The number of nitrogens with zero attached hydrogens (tertiary/aromatic N) is 4. The van der Waals surface area contributed by atoms with Crippen LogP contribution in [-0.4, -0.2) is 42.4 Å². The molecule has 1 unspecified atom stereocenters. The van der Waals surface area contributed by atoms with E-state index in [1.165, 1.54) is 0 Å². The highest BCUT2D eigenvalue weighted by atomic mass is 16.2. The van der Waals surface area contributed by atoms with Gasteiger partial charge in [0.25, 0.3) is 0 Å². The van der Waals surface area contributed by atoms with E-state index in [0.717, 1.165) is 0 Å². The summed E-state index contributed by atoms with van der Waals surface area (Å²) in [6.07, 6.45) is 0. The third-order valence-corrected chi connectivity index (χ3v) is 2.09. The van der Waals surface area contributed by atoms with Crippen LogP contribution >= 0.6 is 0 Å². The Morgan fingerprint density at radius 2 is 2.43 bits per heavy atom. The number of amides is 2. The van der Waals surface area contributed by atoms with Crippen molar-refractivity contribution in [1.29, 1.82) is 0 Å². The lowest BCUT2D eigenvalue weighted by atomic mass is 10.2. The summed E-state index contributed by atoms with van der Waals surface area (Å²) in [5, 5.41) is 5.57. The summed E-state index contributed by atoms with van der Waals surface area (Å²) in [6, 6.07) is -0.346. The maximum absolute atomic E-state index is 11.2.